The Bertz CT molecular complexity index is 778. The number of benzene rings is 1. The second-order valence-electron chi connectivity index (χ2n) is 4.32. The summed E-state index contributed by atoms with van der Waals surface area (Å²) in [5, 5.41) is 5.86. The molecule has 0 fully saturated rings. The molecule has 1 aromatic carbocycles. The van der Waals surface area contributed by atoms with Crippen LogP contribution in [0.5, 0.6) is 0 Å². The fourth-order valence-electron chi connectivity index (χ4n) is 1.88. The van der Waals surface area contributed by atoms with Crippen LogP contribution in [0.25, 0.3) is 10.9 Å². The van der Waals surface area contributed by atoms with E-state index in [0.717, 1.165) is 22.3 Å². The van der Waals surface area contributed by atoms with E-state index >= 15 is 0 Å². The molecule has 0 saturated heterocycles. The van der Waals surface area contributed by atoms with Crippen molar-refractivity contribution in [2.45, 2.75) is 0 Å². The largest absolute Gasteiger partial charge is 0.333 e. The number of aromatic nitrogens is 3. The molecule has 6 heteroatoms. The lowest BCUT2D eigenvalue weighted by atomic mass is 10.2. The molecule has 0 saturated carbocycles. The summed E-state index contributed by atoms with van der Waals surface area (Å²) in [6.07, 6.45) is 6.91. The molecule has 0 aliphatic rings. The van der Waals surface area contributed by atoms with Crippen molar-refractivity contribution in [3.05, 3.63) is 53.7 Å². The molecular formula is C14H12ClN5. The maximum absolute atomic E-state index is 5.96. The number of nitrogens with one attached hydrogen (secondary N) is 1. The third-order valence-corrected chi connectivity index (χ3v) is 3.18. The van der Waals surface area contributed by atoms with Crippen molar-refractivity contribution in [1.82, 2.24) is 14.5 Å². The monoisotopic (exact) mass is 285 g/mol. The number of aryl methyl sites for hydroxylation is 1. The van der Waals surface area contributed by atoms with Gasteiger partial charge in [0.15, 0.2) is 0 Å². The molecule has 0 atom stereocenters. The van der Waals surface area contributed by atoms with Gasteiger partial charge in [-0.15, -0.1) is 0 Å². The van der Waals surface area contributed by atoms with Crippen LogP contribution in [0.3, 0.4) is 0 Å². The summed E-state index contributed by atoms with van der Waals surface area (Å²) in [5.74, 6) is 0. The van der Waals surface area contributed by atoms with Crippen LogP contribution >= 0.6 is 11.6 Å². The Hall–Kier alpha value is -2.40. The molecule has 1 N–H and O–H groups in total. The molecule has 0 radical (unpaired) electrons. The summed E-state index contributed by atoms with van der Waals surface area (Å²) in [5.41, 5.74) is 5.64. The molecule has 5 nitrogen and oxygen atoms in total. The molecule has 0 aliphatic heterocycles. The first kappa shape index (κ1) is 12.6. The summed E-state index contributed by atoms with van der Waals surface area (Å²) in [6.45, 7) is 0. The number of rotatable bonds is 3. The Kier molecular flexibility index (Phi) is 3.35. The number of imidazole rings is 1. The molecule has 3 rings (SSSR count). The van der Waals surface area contributed by atoms with Gasteiger partial charge in [-0.3, -0.25) is 10.4 Å². The summed E-state index contributed by atoms with van der Waals surface area (Å²) >= 11 is 5.96. The molecular weight excluding hydrogens is 274 g/mol. The third-order valence-electron chi connectivity index (χ3n) is 2.94. The SMILES string of the molecule is Cn1cncc1/C=N/Nc1ccnc2cc(Cl)ccc12. The summed E-state index contributed by atoms with van der Waals surface area (Å²) < 4.78 is 1.88. The van der Waals surface area contributed by atoms with E-state index in [1.807, 2.05) is 35.9 Å². The minimum atomic E-state index is 0.667. The highest BCUT2D eigenvalue weighted by atomic mass is 35.5. The lowest BCUT2D eigenvalue weighted by Gasteiger charge is -2.05. The molecule has 2 aromatic heterocycles. The molecule has 3 aromatic rings. The van der Waals surface area contributed by atoms with Crippen molar-refractivity contribution in [3.63, 3.8) is 0 Å². The number of halogens is 1. The van der Waals surface area contributed by atoms with Gasteiger partial charge in [0, 0.05) is 23.7 Å². The first-order valence-electron chi connectivity index (χ1n) is 6.04. The van der Waals surface area contributed by atoms with E-state index in [1.165, 1.54) is 0 Å². The average molecular weight is 286 g/mol. The first-order chi connectivity index (χ1) is 9.74. The molecule has 0 amide bonds. The van der Waals surface area contributed by atoms with Crippen LogP contribution in [0.4, 0.5) is 5.69 Å². The quantitative estimate of drug-likeness (QED) is 0.594. The van der Waals surface area contributed by atoms with E-state index in [-0.39, 0.29) is 0 Å². The number of pyridine rings is 1. The van der Waals surface area contributed by atoms with Crippen molar-refractivity contribution >= 4 is 34.4 Å². The van der Waals surface area contributed by atoms with Crippen LogP contribution in [-0.2, 0) is 7.05 Å². The Morgan fingerprint density at radius 3 is 3.05 bits per heavy atom. The highest BCUT2D eigenvalue weighted by molar-refractivity contribution is 6.31. The number of anilines is 1. The van der Waals surface area contributed by atoms with E-state index < -0.39 is 0 Å². The Labute approximate surface area is 120 Å². The van der Waals surface area contributed by atoms with Crippen LogP contribution in [-0.4, -0.2) is 20.7 Å². The molecule has 0 unspecified atom stereocenters. The standard InChI is InChI=1S/C14H12ClN5/c1-20-9-16-7-11(20)8-18-19-13-4-5-17-14-6-10(15)2-3-12(13)14/h2-9H,1H3,(H,17,19)/b18-8+. The van der Waals surface area contributed by atoms with Crippen molar-refractivity contribution in [2.24, 2.45) is 12.1 Å². The highest BCUT2D eigenvalue weighted by Crippen LogP contribution is 2.24. The van der Waals surface area contributed by atoms with Crippen molar-refractivity contribution in [3.8, 4) is 0 Å². The second kappa shape index (κ2) is 5.30. The topological polar surface area (TPSA) is 55.1 Å². The maximum atomic E-state index is 5.96. The van der Waals surface area contributed by atoms with Crippen LogP contribution in [0.15, 0.2) is 48.1 Å². The highest BCUT2D eigenvalue weighted by Gasteiger charge is 2.01. The third kappa shape index (κ3) is 2.48. The van der Waals surface area contributed by atoms with Crippen LogP contribution in [0, 0.1) is 0 Å². The Balaban J connectivity index is 1.88. The minimum absolute atomic E-state index is 0.667. The van der Waals surface area contributed by atoms with Crippen molar-refractivity contribution in [2.75, 3.05) is 5.43 Å². The molecule has 20 heavy (non-hydrogen) atoms. The van der Waals surface area contributed by atoms with Gasteiger partial charge < -0.3 is 4.57 Å². The molecule has 0 aliphatic carbocycles. The summed E-state index contributed by atoms with van der Waals surface area (Å²) in [7, 11) is 1.91. The molecule has 2 heterocycles. The van der Waals surface area contributed by atoms with Crippen LogP contribution in [0.2, 0.25) is 5.02 Å². The zero-order chi connectivity index (χ0) is 13.9. The van der Waals surface area contributed by atoms with Gasteiger partial charge in [0.05, 0.1) is 35.6 Å². The van der Waals surface area contributed by atoms with Crippen LogP contribution in [0.1, 0.15) is 5.69 Å². The fourth-order valence-corrected chi connectivity index (χ4v) is 2.04. The predicted octanol–water partition coefficient (Wildman–Crippen LogP) is 3.07. The average Bonchev–Trinajstić information content (AvgIpc) is 2.84. The number of hydrazone groups is 1. The van der Waals surface area contributed by atoms with Crippen molar-refractivity contribution < 1.29 is 0 Å². The zero-order valence-electron chi connectivity index (χ0n) is 10.8. The molecule has 0 bridgehead atoms. The lowest BCUT2D eigenvalue weighted by molar-refractivity contribution is 0.905. The number of nitrogens with zero attached hydrogens (tertiary/aromatic N) is 4. The predicted molar refractivity (Wildman–Crippen MR) is 81.2 cm³/mol. The smallest absolute Gasteiger partial charge is 0.0948 e. The normalized spacial score (nSPS) is 11.3. The molecule has 100 valence electrons. The van der Waals surface area contributed by atoms with Gasteiger partial charge >= 0.3 is 0 Å². The number of hydrogen-bond donors (Lipinski definition) is 1. The van der Waals surface area contributed by atoms with Gasteiger partial charge in [0.2, 0.25) is 0 Å². The van der Waals surface area contributed by atoms with Gasteiger partial charge in [0.25, 0.3) is 0 Å². The molecule has 0 spiro atoms. The lowest BCUT2D eigenvalue weighted by Crippen LogP contribution is -1.96. The number of fused-ring (bicyclic) bond motifs is 1. The van der Waals surface area contributed by atoms with E-state index in [1.54, 1.807) is 24.9 Å². The van der Waals surface area contributed by atoms with E-state index in [2.05, 4.69) is 20.5 Å². The van der Waals surface area contributed by atoms with E-state index in [9.17, 15) is 0 Å². The van der Waals surface area contributed by atoms with Gasteiger partial charge in [-0.25, -0.2) is 4.98 Å². The minimum Gasteiger partial charge on any atom is -0.333 e. The van der Waals surface area contributed by atoms with Crippen molar-refractivity contribution in [1.29, 1.82) is 0 Å². The van der Waals surface area contributed by atoms with E-state index in [4.69, 9.17) is 11.6 Å². The first-order valence-corrected chi connectivity index (χ1v) is 6.41. The summed E-state index contributed by atoms with van der Waals surface area (Å²) in [6, 6.07) is 7.46. The van der Waals surface area contributed by atoms with Gasteiger partial charge in [-0.1, -0.05) is 11.6 Å². The van der Waals surface area contributed by atoms with Gasteiger partial charge in [-0.2, -0.15) is 5.10 Å². The number of hydrogen-bond acceptors (Lipinski definition) is 4. The van der Waals surface area contributed by atoms with Gasteiger partial charge in [0.1, 0.15) is 0 Å². The van der Waals surface area contributed by atoms with Crippen LogP contribution < -0.4 is 5.43 Å². The Morgan fingerprint density at radius 2 is 2.25 bits per heavy atom. The zero-order valence-corrected chi connectivity index (χ0v) is 11.5. The fraction of sp³-hybridized carbons (Fsp3) is 0.0714. The second-order valence-corrected chi connectivity index (χ2v) is 4.76. The summed E-state index contributed by atoms with van der Waals surface area (Å²) in [4.78, 5) is 8.31. The maximum Gasteiger partial charge on any atom is 0.0948 e. The van der Waals surface area contributed by atoms with E-state index in [0.29, 0.717) is 5.02 Å². The Morgan fingerprint density at radius 1 is 1.35 bits per heavy atom. The van der Waals surface area contributed by atoms with Gasteiger partial charge in [-0.05, 0) is 24.3 Å².